The summed E-state index contributed by atoms with van der Waals surface area (Å²) < 4.78 is 0.890. The molecule has 0 bridgehead atoms. The van der Waals surface area contributed by atoms with Gasteiger partial charge in [-0.1, -0.05) is 72.4 Å². The van der Waals surface area contributed by atoms with Crippen molar-refractivity contribution in [3.8, 4) is 5.75 Å². The van der Waals surface area contributed by atoms with Crippen LogP contribution >= 0.6 is 15.9 Å². The molecule has 0 saturated heterocycles. The van der Waals surface area contributed by atoms with Crippen LogP contribution in [0, 0.1) is 0 Å². The number of phenols is 1. The van der Waals surface area contributed by atoms with Crippen molar-refractivity contribution in [3.63, 3.8) is 0 Å². The van der Waals surface area contributed by atoms with Gasteiger partial charge in [0, 0.05) is 28.9 Å². The van der Waals surface area contributed by atoms with E-state index in [0.29, 0.717) is 13.0 Å². The molecule has 2 aromatic carbocycles. The molecule has 0 aromatic heterocycles. The fraction of sp³-hybridized carbons (Fsp3) is 0.381. The van der Waals surface area contributed by atoms with Gasteiger partial charge in [-0.15, -0.1) is 0 Å². The number of amides is 1. The second kappa shape index (κ2) is 10.2. The molecule has 1 atom stereocenters. The predicted molar refractivity (Wildman–Crippen MR) is 106 cm³/mol. The maximum Gasteiger partial charge on any atom is 0.220 e. The van der Waals surface area contributed by atoms with E-state index in [2.05, 4.69) is 28.2 Å². The number of halogens is 1. The van der Waals surface area contributed by atoms with Gasteiger partial charge in [-0.25, -0.2) is 0 Å². The third-order valence-electron chi connectivity index (χ3n) is 4.31. The normalized spacial score (nSPS) is 11.9. The minimum atomic E-state index is -0.172. The van der Waals surface area contributed by atoms with Gasteiger partial charge in [0.05, 0.1) is 0 Å². The van der Waals surface area contributed by atoms with E-state index >= 15 is 0 Å². The fourth-order valence-electron chi connectivity index (χ4n) is 2.93. The van der Waals surface area contributed by atoms with Crippen molar-refractivity contribution in [3.05, 3.63) is 64.1 Å². The zero-order chi connectivity index (χ0) is 18.1. The van der Waals surface area contributed by atoms with Crippen molar-refractivity contribution < 1.29 is 9.90 Å². The van der Waals surface area contributed by atoms with Crippen LogP contribution in [0.4, 0.5) is 0 Å². The van der Waals surface area contributed by atoms with Gasteiger partial charge in [0.15, 0.2) is 0 Å². The minimum Gasteiger partial charge on any atom is -0.508 e. The van der Waals surface area contributed by atoms with E-state index in [4.69, 9.17) is 0 Å². The van der Waals surface area contributed by atoms with Crippen LogP contribution in [0.3, 0.4) is 0 Å². The zero-order valence-corrected chi connectivity index (χ0v) is 16.3. The summed E-state index contributed by atoms with van der Waals surface area (Å²) in [6.07, 6.45) is 4.87. The number of nitrogens with one attached hydrogen (secondary N) is 1. The van der Waals surface area contributed by atoms with E-state index in [1.807, 2.05) is 36.4 Å². The number of hydrogen-bond donors (Lipinski definition) is 2. The highest BCUT2D eigenvalue weighted by atomic mass is 79.9. The van der Waals surface area contributed by atoms with Crippen LogP contribution in [0.15, 0.2) is 53.0 Å². The topological polar surface area (TPSA) is 49.3 Å². The molecular formula is C21H26BrNO2. The lowest BCUT2D eigenvalue weighted by atomic mass is 9.87. The van der Waals surface area contributed by atoms with Gasteiger partial charge in [0.25, 0.3) is 0 Å². The van der Waals surface area contributed by atoms with E-state index in [0.717, 1.165) is 28.4 Å². The summed E-state index contributed by atoms with van der Waals surface area (Å²) in [4.78, 5) is 12.4. The van der Waals surface area contributed by atoms with Crippen molar-refractivity contribution >= 4 is 21.8 Å². The van der Waals surface area contributed by atoms with E-state index < -0.39 is 0 Å². The van der Waals surface area contributed by atoms with Crippen molar-refractivity contribution in [1.82, 2.24) is 5.32 Å². The summed E-state index contributed by atoms with van der Waals surface area (Å²) >= 11 is 3.46. The first-order chi connectivity index (χ1) is 12.1. The smallest absolute Gasteiger partial charge is 0.220 e. The number of aromatic hydroxyl groups is 1. The standard InChI is InChI=1S/C21H26BrNO2/c1-2-3-4-8-13-23-21(25)15-18(16-9-6-5-7-10-16)19-14-17(22)11-12-20(19)24/h5-7,9-12,14,18,24H,2-4,8,13,15H2,1H3,(H,23,25)/t18-/m0/s1. The first-order valence-corrected chi connectivity index (χ1v) is 9.71. The number of phenolic OH excluding ortho intramolecular Hbond substituents is 1. The summed E-state index contributed by atoms with van der Waals surface area (Å²) in [5.74, 6) is 0.0619. The van der Waals surface area contributed by atoms with Crippen LogP contribution in [0.5, 0.6) is 5.75 Å². The molecule has 2 N–H and O–H groups in total. The number of rotatable bonds is 9. The first kappa shape index (κ1) is 19.5. The third-order valence-corrected chi connectivity index (χ3v) is 4.80. The number of carbonyl (C=O) groups excluding carboxylic acids is 1. The van der Waals surface area contributed by atoms with E-state index in [1.165, 1.54) is 12.8 Å². The molecule has 134 valence electrons. The molecule has 0 saturated carbocycles. The molecule has 0 spiro atoms. The van der Waals surface area contributed by atoms with Crippen LogP contribution in [0.1, 0.15) is 56.1 Å². The Hall–Kier alpha value is -1.81. The lowest BCUT2D eigenvalue weighted by Crippen LogP contribution is -2.26. The van der Waals surface area contributed by atoms with Crippen LogP contribution < -0.4 is 5.32 Å². The number of unbranched alkanes of at least 4 members (excludes halogenated alkanes) is 3. The molecule has 2 rings (SSSR count). The van der Waals surface area contributed by atoms with Gasteiger partial charge in [0.1, 0.15) is 5.75 Å². The summed E-state index contributed by atoms with van der Waals surface area (Å²) in [5, 5.41) is 13.3. The molecular weight excluding hydrogens is 378 g/mol. The number of hydrogen-bond acceptors (Lipinski definition) is 2. The quantitative estimate of drug-likeness (QED) is 0.552. The summed E-state index contributed by atoms with van der Waals surface area (Å²) in [6.45, 7) is 2.89. The van der Waals surface area contributed by atoms with Crippen LogP contribution in [-0.2, 0) is 4.79 Å². The Balaban J connectivity index is 2.11. The van der Waals surface area contributed by atoms with Crippen LogP contribution in [0.25, 0.3) is 0 Å². The lowest BCUT2D eigenvalue weighted by Gasteiger charge is -2.19. The highest BCUT2D eigenvalue weighted by Crippen LogP contribution is 2.35. The van der Waals surface area contributed by atoms with Gasteiger partial charge in [0.2, 0.25) is 5.91 Å². The van der Waals surface area contributed by atoms with E-state index in [9.17, 15) is 9.90 Å². The summed E-state index contributed by atoms with van der Waals surface area (Å²) in [6, 6.07) is 15.2. The van der Waals surface area contributed by atoms with Gasteiger partial charge in [-0.3, -0.25) is 4.79 Å². The Bertz CT molecular complexity index is 673. The second-order valence-corrected chi connectivity index (χ2v) is 7.20. The van der Waals surface area contributed by atoms with E-state index in [1.54, 1.807) is 12.1 Å². The molecule has 0 radical (unpaired) electrons. The molecule has 0 aliphatic rings. The Morgan fingerprint density at radius 3 is 2.60 bits per heavy atom. The van der Waals surface area contributed by atoms with Gasteiger partial charge in [-0.05, 0) is 30.2 Å². The Morgan fingerprint density at radius 1 is 1.12 bits per heavy atom. The third kappa shape index (κ3) is 6.20. The van der Waals surface area contributed by atoms with Crippen LogP contribution in [0.2, 0.25) is 0 Å². The second-order valence-electron chi connectivity index (χ2n) is 6.28. The molecule has 2 aromatic rings. The zero-order valence-electron chi connectivity index (χ0n) is 14.7. The number of benzene rings is 2. The maximum absolute atomic E-state index is 12.4. The monoisotopic (exact) mass is 403 g/mol. The van der Waals surface area contributed by atoms with Gasteiger partial charge in [-0.2, -0.15) is 0 Å². The average molecular weight is 404 g/mol. The molecule has 0 aliphatic heterocycles. The molecule has 3 nitrogen and oxygen atoms in total. The summed E-state index contributed by atoms with van der Waals surface area (Å²) in [7, 11) is 0. The Labute approximate surface area is 158 Å². The lowest BCUT2D eigenvalue weighted by molar-refractivity contribution is -0.121. The Kier molecular flexibility index (Phi) is 7.99. The molecule has 0 heterocycles. The minimum absolute atomic E-state index is 0.0183. The molecule has 0 fully saturated rings. The number of carbonyl (C=O) groups is 1. The predicted octanol–water partition coefficient (Wildman–Crippen LogP) is 5.37. The molecule has 4 heteroatoms. The largest absolute Gasteiger partial charge is 0.508 e. The van der Waals surface area contributed by atoms with Gasteiger partial charge < -0.3 is 10.4 Å². The first-order valence-electron chi connectivity index (χ1n) is 8.92. The van der Waals surface area contributed by atoms with Gasteiger partial charge >= 0.3 is 0 Å². The van der Waals surface area contributed by atoms with Crippen molar-refractivity contribution in [2.24, 2.45) is 0 Å². The SMILES string of the molecule is CCCCCCNC(=O)C[C@@H](c1ccccc1)c1cc(Br)ccc1O. The molecule has 1 amide bonds. The molecule has 0 unspecified atom stereocenters. The van der Waals surface area contributed by atoms with Crippen LogP contribution in [-0.4, -0.2) is 17.6 Å². The van der Waals surface area contributed by atoms with Crippen molar-refractivity contribution in [2.45, 2.75) is 44.9 Å². The van der Waals surface area contributed by atoms with E-state index in [-0.39, 0.29) is 17.6 Å². The highest BCUT2D eigenvalue weighted by molar-refractivity contribution is 9.10. The summed E-state index contributed by atoms with van der Waals surface area (Å²) in [5.41, 5.74) is 1.79. The average Bonchev–Trinajstić information content (AvgIpc) is 2.62. The molecule has 25 heavy (non-hydrogen) atoms. The highest BCUT2D eigenvalue weighted by Gasteiger charge is 2.21. The maximum atomic E-state index is 12.4. The Morgan fingerprint density at radius 2 is 1.88 bits per heavy atom. The van der Waals surface area contributed by atoms with Crippen molar-refractivity contribution in [2.75, 3.05) is 6.54 Å². The molecule has 0 aliphatic carbocycles. The van der Waals surface area contributed by atoms with Crippen molar-refractivity contribution in [1.29, 1.82) is 0 Å². The fourth-order valence-corrected chi connectivity index (χ4v) is 3.31.